The molecule has 5 heteroatoms. The van der Waals surface area contributed by atoms with Crippen molar-refractivity contribution in [1.82, 2.24) is 5.64 Å². The van der Waals surface area contributed by atoms with Crippen LogP contribution in [0.25, 0.3) is 0 Å². The Hall–Kier alpha value is -1.62. The van der Waals surface area contributed by atoms with Gasteiger partial charge in [0.15, 0.2) is 0 Å². The summed E-state index contributed by atoms with van der Waals surface area (Å²) in [4.78, 5) is 33.2. The summed E-state index contributed by atoms with van der Waals surface area (Å²) in [5.74, 6) is -0.757. The zero-order valence-corrected chi connectivity index (χ0v) is 27.2. The van der Waals surface area contributed by atoms with E-state index in [0.717, 1.165) is 51.4 Å². The molecular weight excluding hydrogens is 510 g/mol. The van der Waals surface area contributed by atoms with E-state index in [1.54, 1.807) is 0 Å². The molecule has 0 bridgehead atoms. The summed E-state index contributed by atoms with van der Waals surface area (Å²) >= 11 is 0. The fourth-order valence-electron chi connectivity index (χ4n) is 4.90. The standard InChI is InChI=1S/C36H67NO4/c1-3-5-7-9-11-13-15-17-19-21-23-25-27-29-31-33-35(38)40-37-41-36(39)34-32-30-28-26-24-22-20-18-16-14-12-10-8-6-4-2/h17-20,37H,3-16,21-34H2,1-2H3/b19-17-,20-18-. The average Bonchev–Trinajstić information content (AvgIpc) is 2.97. The summed E-state index contributed by atoms with van der Waals surface area (Å²) in [6.45, 7) is 4.52. The van der Waals surface area contributed by atoms with Crippen molar-refractivity contribution in [2.45, 2.75) is 194 Å². The highest BCUT2D eigenvalue weighted by Gasteiger charge is 2.06. The SMILES string of the molecule is CCCCCCCC/C=C\CCCCCCCC(=O)ONOC(=O)CCCCCCC/C=C\CCCCCCCC. The van der Waals surface area contributed by atoms with Crippen LogP contribution in [0, 0.1) is 0 Å². The van der Waals surface area contributed by atoms with Crippen LogP contribution in [0.4, 0.5) is 0 Å². The predicted octanol–water partition coefficient (Wildman–Crippen LogP) is 11.6. The molecule has 0 unspecified atom stereocenters. The van der Waals surface area contributed by atoms with Crippen molar-refractivity contribution >= 4 is 11.9 Å². The van der Waals surface area contributed by atoms with E-state index in [1.807, 2.05) is 0 Å². The van der Waals surface area contributed by atoms with E-state index in [2.05, 4.69) is 43.8 Å². The number of nitrogens with one attached hydrogen (secondary N) is 1. The van der Waals surface area contributed by atoms with Crippen LogP contribution in [-0.4, -0.2) is 11.9 Å². The van der Waals surface area contributed by atoms with Crippen molar-refractivity contribution in [1.29, 1.82) is 0 Å². The number of hydrogen-bond donors (Lipinski definition) is 1. The predicted molar refractivity (Wildman–Crippen MR) is 174 cm³/mol. The van der Waals surface area contributed by atoms with Crippen molar-refractivity contribution in [3.8, 4) is 0 Å². The first-order chi connectivity index (χ1) is 20.2. The summed E-state index contributed by atoms with van der Waals surface area (Å²) in [6, 6.07) is 0. The molecule has 1 N–H and O–H groups in total. The maximum Gasteiger partial charge on any atom is 0.328 e. The van der Waals surface area contributed by atoms with Crippen LogP contribution in [0.15, 0.2) is 24.3 Å². The van der Waals surface area contributed by atoms with E-state index in [4.69, 9.17) is 9.68 Å². The monoisotopic (exact) mass is 578 g/mol. The first kappa shape index (κ1) is 39.4. The second-order valence-electron chi connectivity index (χ2n) is 11.7. The summed E-state index contributed by atoms with van der Waals surface area (Å²) < 4.78 is 0. The highest BCUT2D eigenvalue weighted by Crippen LogP contribution is 2.12. The van der Waals surface area contributed by atoms with Gasteiger partial charge < -0.3 is 9.68 Å². The summed E-state index contributed by atoms with van der Waals surface area (Å²) in [7, 11) is 0. The lowest BCUT2D eigenvalue weighted by atomic mass is 10.1. The van der Waals surface area contributed by atoms with E-state index in [0.29, 0.717) is 12.8 Å². The third-order valence-electron chi connectivity index (χ3n) is 7.60. The van der Waals surface area contributed by atoms with E-state index in [9.17, 15) is 9.59 Å². The van der Waals surface area contributed by atoms with Crippen LogP contribution in [-0.2, 0) is 19.3 Å². The quantitative estimate of drug-likeness (QED) is 0.0489. The van der Waals surface area contributed by atoms with Gasteiger partial charge in [-0.2, -0.15) is 0 Å². The molecule has 0 spiro atoms. The van der Waals surface area contributed by atoms with Crippen LogP contribution in [0.3, 0.4) is 0 Å². The smallest absolute Gasteiger partial charge is 0.328 e. The molecular formula is C36H67NO4. The minimum absolute atomic E-state index is 0.344. The third-order valence-corrected chi connectivity index (χ3v) is 7.60. The molecule has 0 aliphatic carbocycles. The van der Waals surface area contributed by atoms with Gasteiger partial charge in [0.25, 0.3) is 0 Å². The Morgan fingerprint density at radius 1 is 0.415 bits per heavy atom. The molecule has 0 amide bonds. The fourth-order valence-corrected chi connectivity index (χ4v) is 4.90. The van der Waals surface area contributed by atoms with Crippen LogP contribution < -0.4 is 5.64 Å². The average molecular weight is 578 g/mol. The first-order valence-corrected chi connectivity index (χ1v) is 17.6. The number of carbonyl (C=O) groups excluding carboxylic acids is 2. The Morgan fingerprint density at radius 3 is 1.00 bits per heavy atom. The Labute approximate surface area is 254 Å². The molecule has 41 heavy (non-hydrogen) atoms. The van der Waals surface area contributed by atoms with Crippen molar-refractivity contribution in [3.05, 3.63) is 24.3 Å². The van der Waals surface area contributed by atoms with Crippen molar-refractivity contribution in [3.63, 3.8) is 0 Å². The number of carbonyl (C=O) groups is 2. The van der Waals surface area contributed by atoms with Gasteiger partial charge >= 0.3 is 11.9 Å². The minimum atomic E-state index is -0.378. The van der Waals surface area contributed by atoms with Gasteiger partial charge in [-0.3, -0.25) is 9.59 Å². The molecule has 0 aliphatic heterocycles. The number of hydrogen-bond acceptors (Lipinski definition) is 5. The second-order valence-corrected chi connectivity index (χ2v) is 11.7. The second kappa shape index (κ2) is 34.6. The Kier molecular flexibility index (Phi) is 33.2. The molecule has 0 heterocycles. The molecule has 0 aromatic rings. The molecule has 0 saturated carbocycles. The molecule has 5 nitrogen and oxygen atoms in total. The highest BCUT2D eigenvalue weighted by atomic mass is 16.9. The van der Waals surface area contributed by atoms with Gasteiger partial charge in [-0.1, -0.05) is 141 Å². The lowest BCUT2D eigenvalue weighted by molar-refractivity contribution is -0.198. The number of unbranched alkanes of at least 4 members (excludes halogenated alkanes) is 22. The van der Waals surface area contributed by atoms with Gasteiger partial charge in [-0.15, -0.1) is 0 Å². The zero-order chi connectivity index (χ0) is 29.9. The fraction of sp³-hybridized carbons (Fsp3) is 0.833. The largest absolute Gasteiger partial charge is 0.336 e. The minimum Gasteiger partial charge on any atom is -0.336 e. The lowest BCUT2D eigenvalue weighted by Gasteiger charge is -2.06. The van der Waals surface area contributed by atoms with E-state index >= 15 is 0 Å². The topological polar surface area (TPSA) is 64.6 Å². The zero-order valence-electron chi connectivity index (χ0n) is 27.2. The van der Waals surface area contributed by atoms with E-state index in [1.165, 1.54) is 116 Å². The highest BCUT2D eigenvalue weighted by molar-refractivity contribution is 5.70. The van der Waals surface area contributed by atoms with Gasteiger partial charge in [0.05, 0.1) is 0 Å². The molecule has 240 valence electrons. The third kappa shape index (κ3) is 34.5. The molecule has 0 aliphatic rings. The van der Waals surface area contributed by atoms with Crippen molar-refractivity contribution in [2.24, 2.45) is 0 Å². The Balaban J connectivity index is 3.35. The van der Waals surface area contributed by atoms with Crippen LogP contribution in [0.2, 0.25) is 0 Å². The molecule has 0 aromatic heterocycles. The van der Waals surface area contributed by atoms with Gasteiger partial charge in [0.1, 0.15) is 0 Å². The maximum absolute atomic E-state index is 11.8. The molecule has 0 fully saturated rings. The molecule has 0 radical (unpaired) electrons. The summed E-state index contributed by atoms with van der Waals surface area (Å²) in [5, 5.41) is 0. The first-order valence-electron chi connectivity index (χ1n) is 17.6. The Bertz CT molecular complexity index is 565. The van der Waals surface area contributed by atoms with E-state index < -0.39 is 0 Å². The normalized spacial score (nSPS) is 11.6. The van der Waals surface area contributed by atoms with Gasteiger partial charge in [0.2, 0.25) is 0 Å². The van der Waals surface area contributed by atoms with Crippen molar-refractivity contribution < 1.29 is 19.3 Å². The number of allylic oxidation sites excluding steroid dienone is 4. The van der Waals surface area contributed by atoms with Crippen LogP contribution >= 0.6 is 0 Å². The van der Waals surface area contributed by atoms with Gasteiger partial charge in [-0.05, 0) is 64.2 Å². The Morgan fingerprint density at radius 2 is 0.683 bits per heavy atom. The van der Waals surface area contributed by atoms with Crippen LogP contribution in [0.5, 0.6) is 0 Å². The summed E-state index contributed by atoms with van der Waals surface area (Å²) in [6.07, 6.45) is 41.8. The van der Waals surface area contributed by atoms with Gasteiger partial charge in [-0.25, -0.2) is 0 Å². The number of rotatable bonds is 32. The van der Waals surface area contributed by atoms with Crippen LogP contribution in [0.1, 0.15) is 194 Å². The molecule has 0 aromatic carbocycles. The van der Waals surface area contributed by atoms with Gasteiger partial charge in [0, 0.05) is 18.5 Å². The maximum atomic E-state index is 11.8. The molecule has 0 saturated heterocycles. The lowest BCUT2D eigenvalue weighted by Crippen LogP contribution is -2.23. The molecule has 0 atom stereocenters. The molecule has 0 rings (SSSR count). The van der Waals surface area contributed by atoms with E-state index in [-0.39, 0.29) is 11.9 Å². The van der Waals surface area contributed by atoms with Crippen molar-refractivity contribution in [2.75, 3.05) is 0 Å². The summed E-state index contributed by atoms with van der Waals surface area (Å²) in [5.41, 5.74) is 2.08.